The van der Waals surface area contributed by atoms with Crippen LogP contribution in [-0.2, 0) is 0 Å². The molecule has 0 aromatic heterocycles. The maximum absolute atomic E-state index is 7.89. The first-order valence-corrected chi connectivity index (χ1v) is 1.99. The van der Waals surface area contributed by atoms with E-state index in [1.807, 2.05) is 6.07 Å². The second kappa shape index (κ2) is 4.45. The number of rotatable bonds is 2. The molecule has 2 nitrogen and oxygen atoms in total. The fourth-order valence-electron chi connectivity index (χ4n) is 0.181. The van der Waals surface area contributed by atoms with Gasteiger partial charge in [0.1, 0.15) is 0 Å². The summed E-state index contributed by atoms with van der Waals surface area (Å²) in [4.78, 5) is 0. The van der Waals surface area contributed by atoms with Crippen molar-refractivity contribution < 1.29 is 0 Å². The quantitative estimate of drug-likeness (QED) is 0.487. The molecule has 2 N–H and O–H groups in total. The Bertz CT molecular complexity index is 53.1. The van der Waals surface area contributed by atoms with E-state index in [2.05, 4.69) is 0 Å². The van der Waals surface area contributed by atoms with Crippen molar-refractivity contribution in [2.24, 2.45) is 5.73 Å². The second-order valence-electron chi connectivity index (χ2n) is 1.05. The molecule has 0 spiro atoms. The Morgan fingerprint density at radius 2 is 2.33 bits per heavy atom. The molecule has 0 aromatic rings. The number of nitrogens with two attached hydrogens (primary N) is 1. The molecule has 34 valence electrons. The average molecular weight is 84.1 g/mol. The van der Waals surface area contributed by atoms with E-state index in [9.17, 15) is 0 Å². The second-order valence-corrected chi connectivity index (χ2v) is 1.05. The molecule has 0 bridgehead atoms. The Kier molecular flexibility index (Phi) is 4.04. The Morgan fingerprint density at radius 1 is 1.67 bits per heavy atom. The third-order valence-corrected chi connectivity index (χ3v) is 0.493. The Morgan fingerprint density at radius 3 is 2.50 bits per heavy atom. The predicted octanol–water partition coefficient (Wildman–Crippen LogP) is 0.249. The molecule has 0 aliphatic rings. The highest BCUT2D eigenvalue weighted by molar-refractivity contribution is 4.67. The van der Waals surface area contributed by atoms with E-state index in [0.29, 0.717) is 13.0 Å². The highest BCUT2D eigenvalue weighted by atomic mass is 14.5. The summed E-state index contributed by atoms with van der Waals surface area (Å²) in [5.74, 6) is 0. The third-order valence-electron chi connectivity index (χ3n) is 0.493. The minimum absolute atomic E-state index is 0.594. The van der Waals surface area contributed by atoms with Gasteiger partial charge in [-0.3, -0.25) is 0 Å². The molecule has 2 heteroatoms. The van der Waals surface area contributed by atoms with Crippen molar-refractivity contribution in [2.75, 3.05) is 6.54 Å². The van der Waals surface area contributed by atoms with Gasteiger partial charge in [-0.2, -0.15) is 5.26 Å². The zero-order chi connectivity index (χ0) is 4.83. The van der Waals surface area contributed by atoms with E-state index >= 15 is 0 Å². The van der Waals surface area contributed by atoms with Crippen LogP contribution in [0, 0.1) is 11.3 Å². The molecule has 0 saturated carbocycles. The average Bonchev–Trinajstić information content (AvgIpc) is 1.61. The van der Waals surface area contributed by atoms with Gasteiger partial charge in [0.15, 0.2) is 0 Å². The first-order valence-electron chi connectivity index (χ1n) is 1.99. The molecule has 0 amide bonds. The van der Waals surface area contributed by atoms with Gasteiger partial charge in [0.25, 0.3) is 0 Å². The zero-order valence-electron chi connectivity index (χ0n) is 3.65. The first kappa shape index (κ1) is 5.45. The van der Waals surface area contributed by atoms with Crippen LogP contribution in [0.15, 0.2) is 0 Å². The van der Waals surface area contributed by atoms with E-state index in [1.54, 1.807) is 0 Å². The van der Waals surface area contributed by atoms with Crippen molar-refractivity contribution in [3.8, 4) is 6.07 Å². The van der Waals surface area contributed by atoms with Crippen molar-refractivity contribution in [2.45, 2.75) is 12.8 Å². The molecule has 0 atom stereocenters. The van der Waals surface area contributed by atoms with Crippen LogP contribution >= 0.6 is 0 Å². The summed E-state index contributed by atoms with van der Waals surface area (Å²) in [6, 6.07) is 1.99. The van der Waals surface area contributed by atoms with Gasteiger partial charge in [0.05, 0.1) is 6.07 Å². The molecule has 0 aliphatic carbocycles. The van der Waals surface area contributed by atoms with E-state index in [1.165, 1.54) is 0 Å². The lowest BCUT2D eigenvalue weighted by Gasteiger charge is -1.78. The monoisotopic (exact) mass is 84.1 g/mol. The molecule has 0 rings (SSSR count). The lowest BCUT2D eigenvalue weighted by atomic mass is 10.3. The SMILES string of the molecule is N#CCCCN. The summed E-state index contributed by atoms with van der Waals surface area (Å²) >= 11 is 0. The number of hydrogen-bond acceptors (Lipinski definition) is 2. The van der Waals surface area contributed by atoms with Crippen molar-refractivity contribution in [3.63, 3.8) is 0 Å². The fraction of sp³-hybridized carbons (Fsp3) is 0.750. The van der Waals surface area contributed by atoms with Crippen LogP contribution in [0.25, 0.3) is 0 Å². The van der Waals surface area contributed by atoms with Gasteiger partial charge < -0.3 is 5.73 Å². The van der Waals surface area contributed by atoms with Crippen molar-refractivity contribution in [1.29, 1.82) is 5.26 Å². The largest absolute Gasteiger partial charge is 0.330 e. The normalized spacial score (nSPS) is 7.33. The van der Waals surface area contributed by atoms with Crippen molar-refractivity contribution in [1.82, 2.24) is 0 Å². The summed E-state index contributed by atoms with van der Waals surface area (Å²) in [7, 11) is 0. The standard InChI is InChI=1S/C4H8N2/c5-3-1-2-4-6/h1-3,5H2. The maximum atomic E-state index is 7.89. The molecule has 0 aromatic carbocycles. The Balaban J connectivity index is 2.54. The topological polar surface area (TPSA) is 49.8 Å². The van der Waals surface area contributed by atoms with Crippen LogP contribution in [0.4, 0.5) is 0 Å². The summed E-state index contributed by atoms with van der Waals surface area (Å²) < 4.78 is 0. The number of nitriles is 1. The fourth-order valence-corrected chi connectivity index (χ4v) is 0.181. The molecule has 0 aliphatic heterocycles. The minimum Gasteiger partial charge on any atom is -0.330 e. The van der Waals surface area contributed by atoms with Gasteiger partial charge >= 0.3 is 0 Å². The summed E-state index contributed by atoms with van der Waals surface area (Å²) in [5.41, 5.74) is 5.06. The molecule has 0 radical (unpaired) electrons. The smallest absolute Gasteiger partial charge is 0.0622 e. The van der Waals surface area contributed by atoms with Gasteiger partial charge in [-0.25, -0.2) is 0 Å². The molecule has 0 saturated heterocycles. The Labute approximate surface area is 37.6 Å². The van der Waals surface area contributed by atoms with E-state index < -0.39 is 0 Å². The molecular weight excluding hydrogens is 76.1 g/mol. The number of unbranched alkanes of at least 4 members (excludes halogenated alkanes) is 1. The van der Waals surface area contributed by atoms with E-state index in [-0.39, 0.29) is 0 Å². The highest BCUT2D eigenvalue weighted by Gasteiger charge is 1.74. The van der Waals surface area contributed by atoms with Crippen LogP contribution in [-0.4, -0.2) is 6.54 Å². The van der Waals surface area contributed by atoms with Crippen molar-refractivity contribution >= 4 is 0 Å². The maximum Gasteiger partial charge on any atom is 0.0622 e. The lowest BCUT2D eigenvalue weighted by molar-refractivity contribution is 0.862. The zero-order valence-corrected chi connectivity index (χ0v) is 3.65. The predicted molar refractivity (Wildman–Crippen MR) is 23.9 cm³/mol. The van der Waals surface area contributed by atoms with E-state index in [0.717, 1.165) is 6.42 Å². The highest BCUT2D eigenvalue weighted by Crippen LogP contribution is 1.77. The Hall–Kier alpha value is -0.550. The molecule has 0 fully saturated rings. The molecule has 0 heterocycles. The number of hydrogen-bond donors (Lipinski definition) is 1. The third kappa shape index (κ3) is 3.45. The van der Waals surface area contributed by atoms with Gasteiger partial charge in [-0.1, -0.05) is 0 Å². The molecule has 0 unspecified atom stereocenters. The minimum atomic E-state index is 0.594. The van der Waals surface area contributed by atoms with Crippen LogP contribution < -0.4 is 5.73 Å². The van der Waals surface area contributed by atoms with Crippen LogP contribution in [0.5, 0.6) is 0 Å². The molecule has 6 heavy (non-hydrogen) atoms. The molecular formula is C4H8N2. The van der Waals surface area contributed by atoms with E-state index in [4.69, 9.17) is 11.0 Å². The lowest BCUT2D eigenvalue weighted by Crippen LogP contribution is -1.96. The van der Waals surface area contributed by atoms with Crippen LogP contribution in [0.3, 0.4) is 0 Å². The van der Waals surface area contributed by atoms with Gasteiger partial charge in [-0.15, -0.1) is 0 Å². The summed E-state index contributed by atoms with van der Waals surface area (Å²) in [5, 5.41) is 7.89. The summed E-state index contributed by atoms with van der Waals surface area (Å²) in [6.07, 6.45) is 1.42. The van der Waals surface area contributed by atoms with Gasteiger partial charge in [0.2, 0.25) is 0 Å². The van der Waals surface area contributed by atoms with Crippen LogP contribution in [0.2, 0.25) is 0 Å². The van der Waals surface area contributed by atoms with Crippen molar-refractivity contribution in [3.05, 3.63) is 0 Å². The first-order chi connectivity index (χ1) is 2.91. The van der Waals surface area contributed by atoms with Gasteiger partial charge in [0, 0.05) is 6.42 Å². The summed E-state index contributed by atoms with van der Waals surface area (Å²) in [6.45, 7) is 0.633. The van der Waals surface area contributed by atoms with Gasteiger partial charge in [-0.05, 0) is 13.0 Å². The number of nitrogens with zero attached hydrogens (tertiary/aromatic N) is 1. The van der Waals surface area contributed by atoms with Crippen LogP contribution in [0.1, 0.15) is 12.8 Å².